The normalized spacial score (nSPS) is 20.7. The molecule has 2 saturated carbocycles. The number of hydrogen-bond donors (Lipinski definition) is 2. The van der Waals surface area contributed by atoms with Crippen LogP contribution < -0.4 is 10.6 Å². The lowest BCUT2D eigenvalue weighted by atomic mass is 9.95. The van der Waals surface area contributed by atoms with Gasteiger partial charge < -0.3 is 10.6 Å². The average Bonchev–Trinajstić information content (AvgIpc) is 2.85. The molecule has 0 aromatic carbocycles. The molecule has 4 heteroatoms. The molecule has 1 heterocycles. The average molecular weight is 315 g/mol. The fourth-order valence-electron chi connectivity index (χ4n) is 3.78. The van der Waals surface area contributed by atoms with Crippen LogP contribution in [0.25, 0.3) is 0 Å². The Kier molecular flexibility index (Phi) is 5.89. The summed E-state index contributed by atoms with van der Waals surface area (Å²) in [6, 6.07) is 4.73. The van der Waals surface area contributed by atoms with Crippen LogP contribution in [0.4, 0.5) is 5.69 Å². The SMILES string of the molecule is O=C(NC1CCCCCC1)c1ccc(NC2CCCCC2)cn1. The van der Waals surface area contributed by atoms with Gasteiger partial charge in [0.15, 0.2) is 0 Å². The maximum Gasteiger partial charge on any atom is 0.270 e. The Balaban J connectivity index is 1.52. The summed E-state index contributed by atoms with van der Waals surface area (Å²) in [5.41, 5.74) is 1.56. The van der Waals surface area contributed by atoms with E-state index in [1.807, 2.05) is 12.1 Å². The van der Waals surface area contributed by atoms with Gasteiger partial charge in [-0.25, -0.2) is 4.98 Å². The number of carbonyl (C=O) groups is 1. The Morgan fingerprint density at radius 1 is 0.870 bits per heavy atom. The van der Waals surface area contributed by atoms with E-state index in [2.05, 4.69) is 15.6 Å². The molecule has 0 radical (unpaired) electrons. The van der Waals surface area contributed by atoms with Crippen LogP contribution in [-0.2, 0) is 0 Å². The van der Waals surface area contributed by atoms with Crippen LogP contribution in [0.1, 0.15) is 81.1 Å². The number of aromatic nitrogens is 1. The van der Waals surface area contributed by atoms with Gasteiger partial charge in [0.2, 0.25) is 0 Å². The van der Waals surface area contributed by atoms with Crippen molar-refractivity contribution in [1.82, 2.24) is 10.3 Å². The van der Waals surface area contributed by atoms with Crippen molar-refractivity contribution in [3.63, 3.8) is 0 Å². The summed E-state index contributed by atoms with van der Waals surface area (Å²) in [4.78, 5) is 16.7. The Labute approximate surface area is 139 Å². The van der Waals surface area contributed by atoms with E-state index in [1.165, 1.54) is 57.8 Å². The molecular weight excluding hydrogens is 286 g/mol. The third kappa shape index (κ3) is 4.95. The van der Waals surface area contributed by atoms with Gasteiger partial charge >= 0.3 is 0 Å². The smallest absolute Gasteiger partial charge is 0.270 e. The highest BCUT2D eigenvalue weighted by Gasteiger charge is 2.17. The lowest BCUT2D eigenvalue weighted by molar-refractivity contribution is 0.0928. The molecule has 23 heavy (non-hydrogen) atoms. The first-order valence-electron chi connectivity index (χ1n) is 9.35. The topological polar surface area (TPSA) is 54.0 Å². The summed E-state index contributed by atoms with van der Waals surface area (Å²) < 4.78 is 0. The number of nitrogens with one attached hydrogen (secondary N) is 2. The Morgan fingerprint density at radius 2 is 1.48 bits per heavy atom. The predicted octanol–water partition coefficient (Wildman–Crippen LogP) is 4.28. The minimum atomic E-state index is -0.0267. The molecule has 2 aliphatic rings. The van der Waals surface area contributed by atoms with Crippen LogP contribution in [-0.4, -0.2) is 23.0 Å². The van der Waals surface area contributed by atoms with Gasteiger partial charge in [0.1, 0.15) is 5.69 Å². The van der Waals surface area contributed by atoms with E-state index < -0.39 is 0 Å². The van der Waals surface area contributed by atoms with Gasteiger partial charge in [0.05, 0.1) is 11.9 Å². The number of carbonyl (C=O) groups excluding carboxylic acids is 1. The first kappa shape index (κ1) is 16.3. The maximum absolute atomic E-state index is 12.3. The molecule has 2 fully saturated rings. The maximum atomic E-state index is 12.3. The number of hydrogen-bond acceptors (Lipinski definition) is 3. The molecular formula is C19H29N3O. The van der Waals surface area contributed by atoms with Crippen molar-refractivity contribution < 1.29 is 4.79 Å². The third-order valence-electron chi connectivity index (χ3n) is 5.16. The number of anilines is 1. The van der Waals surface area contributed by atoms with E-state index in [9.17, 15) is 4.79 Å². The van der Waals surface area contributed by atoms with Crippen LogP contribution in [0.5, 0.6) is 0 Å². The van der Waals surface area contributed by atoms with Crippen molar-refractivity contribution in [3.05, 3.63) is 24.0 Å². The van der Waals surface area contributed by atoms with Crippen molar-refractivity contribution in [1.29, 1.82) is 0 Å². The van der Waals surface area contributed by atoms with Gasteiger partial charge in [-0.1, -0.05) is 44.9 Å². The van der Waals surface area contributed by atoms with Gasteiger partial charge in [-0.3, -0.25) is 4.79 Å². The molecule has 0 bridgehead atoms. The van der Waals surface area contributed by atoms with Crippen LogP contribution in [0, 0.1) is 0 Å². The minimum Gasteiger partial charge on any atom is -0.381 e. The van der Waals surface area contributed by atoms with Gasteiger partial charge in [-0.15, -0.1) is 0 Å². The molecule has 1 aromatic heterocycles. The van der Waals surface area contributed by atoms with E-state index in [-0.39, 0.29) is 5.91 Å². The Bertz CT molecular complexity index is 486. The monoisotopic (exact) mass is 315 g/mol. The summed E-state index contributed by atoms with van der Waals surface area (Å²) in [6.45, 7) is 0. The van der Waals surface area contributed by atoms with Crippen molar-refractivity contribution >= 4 is 11.6 Å². The summed E-state index contributed by atoms with van der Waals surface area (Å²) in [5.74, 6) is -0.0267. The zero-order valence-corrected chi connectivity index (χ0v) is 14.0. The standard InChI is InChI=1S/C19H29N3O/c23-19(22-16-10-4-1-2-5-11-16)18-13-12-17(14-20-18)21-15-8-6-3-7-9-15/h12-16,21H,1-11H2,(H,22,23). The van der Waals surface area contributed by atoms with Gasteiger partial charge in [-0.05, 0) is 37.8 Å². The lowest BCUT2D eigenvalue weighted by Gasteiger charge is -2.23. The predicted molar refractivity (Wildman–Crippen MR) is 93.7 cm³/mol. The van der Waals surface area contributed by atoms with E-state index in [0.29, 0.717) is 17.8 Å². The first-order chi connectivity index (χ1) is 11.3. The second-order valence-electron chi connectivity index (χ2n) is 7.07. The van der Waals surface area contributed by atoms with Crippen molar-refractivity contribution in [2.45, 2.75) is 82.7 Å². The molecule has 1 aromatic rings. The molecule has 2 N–H and O–H groups in total. The van der Waals surface area contributed by atoms with E-state index in [4.69, 9.17) is 0 Å². The van der Waals surface area contributed by atoms with Crippen LogP contribution >= 0.6 is 0 Å². The van der Waals surface area contributed by atoms with E-state index >= 15 is 0 Å². The van der Waals surface area contributed by atoms with Crippen molar-refractivity contribution in [2.75, 3.05) is 5.32 Å². The second-order valence-corrected chi connectivity index (χ2v) is 7.07. The number of rotatable bonds is 4. The Hall–Kier alpha value is -1.58. The second kappa shape index (κ2) is 8.32. The molecule has 0 spiro atoms. The summed E-state index contributed by atoms with van der Waals surface area (Å²) in [6.07, 6.45) is 15.5. The molecule has 1 amide bonds. The van der Waals surface area contributed by atoms with E-state index in [1.54, 1.807) is 6.20 Å². The molecule has 126 valence electrons. The molecule has 0 atom stereocenters. The van der Waals surface area contributed by atoms with Gasteiger partial charge in [0, 0.05) is 12.1 Å². The highest BCUT2D eigenvalue weighted by Crippen LogP contribution is 2.21. The summed E-state index contributed by atoms with van der Waals surface area (Å²) in [5, 5.41) is 6.70. The zero-order chi connectivity index (χ0) is 15.9. The molecule has 0 aliphatic heterocycles. The van der Waals surface area contributed by atoms with Crippen LogP contribution in [0.3, 0.4) is 0 Å². The number of nitrogens with zero attached hydrogens (tertiary/aromatic N) is 1. The first-order valence-corrected chi connectivity index (χ1v) is 9.35. The third-order valence-corrected chi connectivity index (χ3v) is 5.16. The molecule has 4 nitrogen and oxygen atoms in total. The largest absolute Gasteiger partial charge is 0.381 e. The molecule has 0 unspecified atom stereocenters. The van der Waals surface area contributed by atoms with Crippen LogP contribution in [0.2, 0.25) is 0 Å². The van der Waals surface area contributed by atoms with Crippen LogP contribution in [0.15, 0.2) is 18.3 Å². The number of pyridine rings is 1. The zero-order valence-electron chi connectivity index (χ0n) is 14.0. The lowest BCUT2D eigenvalue weighted by Crippen LogP contribution is -2.34. The van der Waals surface area contributed by atoms with Gasteiger partial charge in [-0.2, -0.15) is 0 Å². The summed E-state index contributed by atoms with van der Waals surface area (Å²) in [7, 11) is 0. The Morgan fingerprint density at radius 3 is 2.09 bits per heavy atom. The molecule has 0 saturated heterocycles. The van der Waals surface area contributed by atoms with Crippen molar-refractivity contribution in [2.24, 2.45) is 0 Å². The fourth-order valence-corrected chi connectivity index (χ4v) is 3.78. The highest BCUT2D eigenvalue weighted by molar-refractivity contribution is 5.92. The van der Waals surface area contributed by atoms with Crippen molar-refractivity contribution in [3.8, 4) is 0 Å². The highest BCUT2D eigenvalue weighted by atomic mass is 16.1. The quantitative estimate of drug-likeness (QED) is 0.815. The van der Waals surface area contributed by atoms with E-state index in [0.717, 1.165) is 18.5 Å². The molecule has 2 aliphatic carbocycles. The molecule has 3 rings (SSSR count). The minimum absolute atomic E-state index is 0.0267. The van der Waals surface area contributed by atoms with Gasteiger partial charge in [0.25, 0.3) is 5.91 Å². The number of amides is 1. The summed E-state index contributed by atoms with van der Waals surface area (Å²) >= 11 is 0. The fraction of sp³-hybridized carbons (Fsp3) is 0.684.